The average Bonchev–Trinajstić information content (AvgIpc) is 2.89. The van der Waals surface area contributed by atoms with Crippen LogP contribution in [0.4, 0.5) is 5.69 Å². The molecule has 0 aliphatic carbocycles. The van der Waals surface area contributed by atoms with Crippen molar-refractivity contribution >= 4 is 5.69 Å². The maximum Gasteiger partial charge on any atom is 0.269 e. The van der Waals surface area contributed by atoms with Gasteiger partial charge in [-0.1, -0.05) is 72.8 Å². The van der Waals surface area contributed by atoms with Gasteiger partial charge in [-0.25, -0.2) is 0 Å². The second-order valence-electron chi connectivity index (χ2n) is 8.78. The summed E-state index contributed by atoms with van der Waals surface area (Å²) in [5, 5.41) is 10.8. The Morgan fingerprint density at radius 3 is 1.82 bits per heavy atom. The van der Waals surface area contributed by atoms with E-state index in [0.29, 0.717) is 6.61 Å². The van der Waals surface area contributed by atoms with Crippen LogP contribution in [-0.2, 0) is 11.2 Å². The first-order chi connectivity index (χ1) is 16.7. The zero-order valence-electron chi connectivity index (χ0n) is 19.6. The predicted octanol–water partition coefficient (Wildman–Crippen LogP) is 4.95. The summed E-state index contributed by atoms with van der Waals surface area (Å²) in [6.07, 6.45) is 1.98. The maximum atomic E-state index is 10.8. The van der Waals surface area contributed by atoms with E-state index >= 15 is 0 Å². The quantitative estimate of drug-likeness (QED) is 0.300. The van der Waals surface area contributed by atoms with E-state index < -0.39 is 0 Å². The van der Waals surface area contributed by atoms with Gasteiger partial charge in [0.15, 0.2) is 0 Å². The summed E-state index contributed by atoms with van der Waals surface area (Å²) in [5.74, 6) is 0. The number of benzene rings is 3. The highest BCUT2D eigenvalue weighted by molar-refractivity contribution is 5.33. The molecule has 0 bridgehead atoms. The van der Waals surface area contributed by atoms with Crippen LogP contribution in [0.5, 0.6) is 0 Å². The molecule has 3 aromatic rings. The van der Waals surface area contributed by atoms with Crippen molar-refractivity contribution < 1.29 is 9.66 Å². The molecule has 6 heteroatoms. The second kappa shape index (κ2) is 12.4. The summed E-state index contributed by atoms with van der Waals surface area (Å²) in [4.78, 5) is 15.4. The number of rotatable bonds is 11. The number of hydrogen-bond donors (Lipinski definition) is 0. The lowest BCUT2D eigenvalue weighted by Crippen LogP contribution is -2.47. The SMILES string of the molecule is O=[N+]([O-])c1ccc(CCCN2CCN(CCOC(c3ccccc3)c3ccccc3)CC2)cc1. The molecule has 3 aromatic carbocycles. The van der Waals surface area contributed by atoms with Gasteiger partial charge in [-0.15, -0.1) is 0 Å². The Bertz CT molecular complexity index is 965. The molecule has 0 unspecified atom stereocenters. The normalized spacial score (nSPS) is 15.0. The Hall–Kier alpha value is -3.06. The molecule has 0 radical (unpaired) electrons. The largest absolute Gasteiger partial charge is 0.367 e. The fourth-order valence-electron chi connectivity index (χ4n) is 4.47. The van der Waals surface area contributed by atoms with Gasteiger partial charge in [0.2, 0.25) is 0 Å². The summed E-state index contributed by atoms with van der Waals surface area (Å²) < 4.78 is 6.38. The van der Waals surface area contributed by atoms with Crippen molar-refractivity contribution in [3.8, 4) is 0 Å². The predicted molar refractivity (Wildman–Crippen MR) is 135 cm³/mol. The van der Waals surface area contributed by atoms with Crippen molar-refractivity contribution in [2.75, 3.05) is 45.9 Å². The van der Waals surface area contributed by atoms with Gasteiger partial charge < -0.3 is 9.64 Å². The minimum atomic E-state index is -0.349. The first-order valence-corrected chi connectivity index (χ1v) is 12.1. The van der Waals surface area contributed by atoms with Gasteiger partial charge in [-0.05, 0) is 36.1 Å². The van der Waals surface area contributed by atoms with Gasteiger partial charge in [0.05, 0.1) is 11.5 Å². The molecular formula is C28H33N3O3. The van der Waals surface area contributed by atoms with Gasteiger partial charge in [-0.3, -0.25) is 15.0 Å². The summed E-state index contributed by atoms with van der Waals surface area (Å²) in [7, 11) is 0. The summed E-state index contributed by atoms with van der Waals surface area (Å²) in [6.45, 7) is 6.96. The van der Waals surface area contributed by atoms with Crippen LogP contribution in [0.15, 0.2) is 84.9 Å². The smallest absolute Gasteiger partial charge is 0.269 e. The third-order valence-corrected chi connectivity index (χ3v) is 6.45. The lowest BCUT2D eigenvalue weighted by atomic mass is 10.0. The Labute approximate surface area is 201 Å². The Balaban J connectivity index is 1.17. The van der Waals surface area contributed by atoms with Crippen LogP contribution in [0.3, 0.4) is 0 Å². The third kappa shape index (κ3) is 6.97. The van der Waals surface area contributed by atoms with Crippen LogP contribution in [0, 0.1) is 10.1 Å². The highest BCUT2D eigenvalue weighted by Gasteiger charge is 2.18. The Morgan fingerprint density at radius 2 is 1.29 bits per heavy atom. The van der Waals surface area contributed by atoms with Crippen LogP contribution in [0.2, 0.25) is 0 Å². The number of aryl methyl sites for hydroxylation is 1. The molecular weight excluding hydrogens is 426 g/mol. The first-order valence-electron chi connectivity index (χ1n) is 12.1. The Kier molecular flexibility index (Phi) is 8.79. The van der Waals surface area contributed by atoms with E-state index in [0.717, 1.165) is 57.7 Å². The van der Waals surface area contributed by atoms with Crippen LogP contribution in [0.1, 0.15) is 29.2 Å². The minimum absolute atomic E-state index is 0.0388. The molecule has 0 atom stereocenters. The molecule has 1 aliphatic heterocycles. The van der Waals surface area contributed by atoms with Crippen LogP contribution < -0.4 is 0 Å². The number of ether oxygens (including phenoxy) is 1. The van der Waals surface area contributed by atoms with E-state index in [9.17, 15) is 10.1 Å². The van der Waals surface area contributed by atoms with Gasteiger partial charge in [0.25, 0.3) is 5.69 Å². The zero-order valence-corrected chi connectivity index (χ0v) is 19.6. The molecule has 1 heterocycles. The van der Waals surface area contributed by atoms with E-state index in [1.54, 1.807) is 12.1 Å². The minimum Gasteiger partial charge on any atom is -0.367 e. The third-order valence-electron chi connectivity index (χ3n) is 6.45. The van der Waals surface area contributed by atoms with Crippen molar-refractivity contribution in [1.29, 1.82) is 0 Å². The summed E-state index contributed by atoms with van der Waals surface area (Å²) in [5.41, 5.74) is 3.69. The van der Waals surface area contributed by atoms with Crippen molar-refractivity contribution in [3.63, 3.8) is 0 Å². The molecule has 1 aliphatic rings. The van der Waals surface area contributed by atoms with Crippen molar-refractivity contribution in [1.82, 2.24) is 9.80 Å². The van der Waals surface area contributed by atoms with Gasteiger partial charge in [-0.2, -0.15) is 0 Å². The highest BCUT2D eigenvalue weighted by atomic mass is 16.6. The van der Waals surface area contributed by atoms with Crippen molar-refractivity contribution in [2.45, 2.75) is 18.9 Å². The number of hydrogen-bond acceptors (Lipinski definition) is 5. The van der Waals surface area contributed by atoms with E-state index in [4.69, 9.17) is 4.74 Å². The molecule has 0 aromatic heterocycles. The molecule has 6 nitrogen and oxygen atoms in total. The number of nitrogens with zero attached hydrogens (tertiary/aromatic N) is 3. The van der Waals surface area contributed by atoms with E-state index in [1.165, 1.54) is 11.1 Å². The summed E-state index contributed by atoms with van der Waals surface area (Å²) >= 11 is 0. The van der Waals surface area contributed by atoms with E-state index in [1.807, 2.05) is 24.3 Å². The molecule has 0 spiro atoms. The standard InChI is InChI=1S/C28H33N3O3/c32-31(33)27-15-13-24(14-16-27)8-7-17-29-18-20-30(21-19-29)22-23-34-28(25-9-3-1-4-10-25)26-11-5-2-6-12-26/h1-6,9-16,28H,7-8,17-23H2. The fraction of sp³-hybridized carbons (Fsp3) is 0.357. The first kappa shape index (κ1) is 24.1. The number of nitro groups is 1. The molecule has 0 N–H and O–H groups in total. The van der Waals surface area contributed by atoms with Gasteiger partial charge in [0.1, 0.15) is 6.10 Å². The zero-order chi connectivity index (χ0) is 23.6. The molecule has 1 fully saturated rings. The van der Waals surface area contributed by atoms with Crippen LogP contribution in [-0.4, -0.2) is 60.6 Å². The van der Waals surface area contributed by atoms with Crippen LogP contribution in [0.25, 0.3) is 0 Å². The molecule has 1 saturated heterocycles. The lowest BCUT2D eigenvalue weighted by molar-refractivity contribution is -0.384. The number of piperazine rings is 1. The monoisotopic (exact) mass is 459 g/mol. The topological polar surface area (TPSA) is 58.9 Å². The maximum absolute atomic E-state index is 10.8. The number of non-ortho nitro benzene ring substituents is 1. The second-order valence-corrected chi connectivity index (χ2v) is 8.78. The van der Waals surface area contributed by atoms with E-state index in [-0.39, 0.29) is 16.7 Å². The highest BCUT2D eigenvalue weighted by Crippen LogP contribution is 2.25. The van der Waals surface area contributed by atoms with Gasteiger partial charge >= 0.3 is 0 Å². The average molecular weight is 460 g/mol. The summed E-state index contributed by atoms with van der Waals surface area (Å²) in [6, 6.07) is 27.8. The van der Waals surface area contributed by atoms with Gasteiger partial charge in [0, 0.05) is 44.9 Å². The lowest BCUT2D eigenvalue weighted by Gasteiger charge is -2.35. The Morgan fingerprint density at radius 1 is 0.765 bits per heavy atom. The fourth-order valence-corrected chi connectivity index (χ4v) is 4.47. The molecule has 0 amide bonds. The van der Waals surface area contributed by atoms with Crippen molar-refractivity contribution in [2.24, 2.45) is 0 Å². The molecule has 0 saturated carbocycles. The van der Waals surface area contributed by atoms with Crippen LogP contribution >= 0.6 is 0 Å². The molecule has 4 rings (SSSR count). The number of nitro benzene ring substituents is 1. The molecule has 178 valence electrons. The van der Waals surface area contributed by atoms with Crippen molar-refractivity contribution in [3.05, 3.63) is 112 Å². The van der Waals surface area contributed by atoms with E-state index in [2.05, 4.69) is 58.3 Å². The molecule has 34 heavy (non-hydrogen) atoms.